The lowest BCUT2D eigenvalue weighted by atomic mass is 10.0. The van der Waals surface area contributed by atoms with E-state index in [1.165, 1.54) is 24.6 Å². The molecule has 4 aromatic rings. The molecule has 0 atom stereocenters. The third-order valence-corrected chi connectivity index (χ3v) is 7.55. The van der Waals surface area contributed by atoms with Crippen molar-refractivity contribution in [3.05, 3.63) is 53.9 Å². The van der Waals surface area contributed by atoms with Gasteiger partial charge in [-0.3, -0.25) is 0 Å². The van der Waals surface area contributed by atoms with E-state index in [1.807, 2.05) is 36.1 Å². The maximum atomic E-state index is 13.0. The predicted molar refractivity (Wildman–Crippen MR) is 128 cm³/mol. The number of fused-ring (bicyclic) bond motifs is 2. The smallest absolute Gasteiger partial charge is 0.247 e. The molecule has 34 heavy (non-hydrogen) atoms. The number of aromatic amines is 1. The van der Waals surface area contributed by atoms with Gasteiger partial charge in [-0.1, -0.05) is 6.07 Å². The average Bonchev–Trinajstić information content (AvgIpc) is 3.04. The molecule has 0 saturated heterocycles. The summed E-state index contributed by atoms with van der Waals surface area (Å²) in [4.78, 5) is 22.7. The van der Waals surface area contributed by atoms with Gasteiger partial charge in [-0.2, -0.15) is 0 Å². The summed E-state index contributed by atoms with van der Waals surface area (Å²) in [6.45, 7) is 4.97. The maximum Gasteiger partial charge on any atom is 0.247 e. The third-order valence-electron chi connectivity index (χ3n) is 5.74. The van der Waals surface area contributed by atoms with Gasteiger partial charge in [0.2, 0.25) is 10.0 Å². The van der Waals surface area contributed by atoms with Crippen molar-refractivity contribution in [2.24, 2.45) is 0 Å². The van der Waals surface area contributed by atoms with Gasteiger partial charge in [-0.15, -0.1) is 0 Å². The summed E-state index contributed by atoms with van der Waals surface area (Å²) < 4.78 is 33.1. The van der Waals surface area contributed by atoms with E-state index >= 15 is 0 Å². The van der Waals surface area contributed by atoms with Crippen LogP contribution in [-0.2, 0) is 16.6 Å². The Hall–Kier alpha value is -3.57. The number of pyridine rings is 1. The molecule has 176 valence electrons. The fourth-order valence-corrected chi connectivity index (χ4v) is 4.97. The number of rotatable bonds is 4. The highest BCUT2D eigenvalue weighted by Gasteiger charge is 2.28. The molecule has 0 unspecified atom stereocenters. The van der Waals surface area contributed by atoms with Gasteiger partial charge >= 0.3 is 0 Å². The van der Waals surface area contributed by atoms with Crippen LogP contribution in [-0.4, -0.2) is 64.9 Å². The van der Waals surface area contributed by atoms with Crippen LogP contribution in [0.4, 0.5) is 5.82 Å². The second-order valence-corrected chi connectivity index (χ2v) is 10.5. The Bertz CT molecular complexity index is 1500. The molecule has 0 saturated carbocycles. The highest BCUT2D eigenvalue weighted by molar-refractivity contribution is 7.89. The van der Waals surface area contributed by atoms with E-state index in [4.69, 9.17) is 4.74 Å². The molecule has 4 heterocycles. The summed E-state index contributed by atoms with van der Waals surface area (Å²) in [6.07, 6.45) is 3.18. The SMILES string of the molecule is Cc1ncc(S(=O)(=O)N(C)C)c(N2CCOc3ccc(-c4cnc5nc(C)[nH]c5c4)cc3C2)n1. The number of aryl methyl sites for hydroxylation is 2. The van der Waals surface area contributed by atoms with E-state index in [1.54, 1.807) is 13.1 Å². The Kier molecular flexibility index (Phi) is 5.45. The molecule has 0 aliphatic carbocycles. The normalized spacial score (nSPS) is 14.2. The van der Waals surface area contributed by atoms with Crippen molar-refractivity contribution in [3.8, 4) is 16.9 Å². The number of H-pyrrole nitrogens is 1. The highest BCUT2D eigenvalue weighted by Crippen LogP contribution is 2.33. The first-order valence-electron chi connectivity index (χ1n) is 10.8. The summed E-state index contributed by atoms with van der Waals surface area (Å²) in [5.41, 5.74) is 4.41. The minimum absolute atomic E-state index is 0.0759. The Morgan fingerprint density at radius 1 is 1.06 bits per heavy atom. The minimum atomic E-state index is -3.72. The number of aromatic nitrogens is 5. The number of hydrogen-bond donors (Lipinski definition) is 1. The predicted octanol–water partition coefficient (Wildman–Crippen LogP) is 2.68. The van der Waals surface area contributed by atoms with E-state index in [-0.39, 0.29) is 4.90 Å². The first kappa shape index (κ1) is 22.2. The zero-order valence-corrected chi connectivity index (χ0v) is 20.2. The molecular formula is C23H25N7O3S. The second kappa shape index (κ2) is 8.33. The first-order chi connectivity index (χ1) is 16.2. The van der Waals surface area contributed by atoms with Gasteiger partial charge < -0.3 is 14.6 Å². The fourth-order valence-electron chi connectivity index (χ4n) is 3.99. The van der Waals surface area contributed by atoms with Gasteiger partial charge in [0, 0.05) is 38.0 Å². The van der Waals surface area contributed by atoms with Gasteiger partial charge in [0.25, 0.3) is 0 Å². The van der Waals surface area contributed by atoms with Crippen LogP contribution in [0.25, 0.3) is 22.3 Å². The molecule has 1 aliphatic rings. The van der Waals surface area contributed by atoms with Crippen LogP contribution >= 0.6 is 0 Å². The van der Waals surface area contributed by atoms with Crippen LogP contribution in [0, 0.1) is 13.8 Å². The van der Waals surface area contributed by atoms with Crippen molar-refractivity contribution >= 4 is 27.0 Å². The van der Waals surface area contributed by atoms with Gasteiger partial charge in [0.1, 0.15) is 28.9 Å². The number of hydrogen-bond acceptors (Lipinski definition) is 8. The van der Waals surface area contributed by atoms with Gasteiger partial charge in [0.05, 0.1) is 18.3 Å². The van der Waals surface area contributed by atoms with Gasteiger partial charge in [0.15, 0.2) is 11.5 Å². The van der Waals surface area contributed by atoms with Crippen LogP contribution in [0.5, 0.6) is 5.75 Å². The Labute approximate surface area is 197 Å². The molecule has 1 aromatic carbocycles. The van der Waals surface area contributed by atoms with Crippen LogP contribution in [0.15, 0.2) is 41.6 Å². The monoisotopic (exact) mass is 479 g/mol. The summed E-state index contributed by atoms with van der Waals surface area (Å²) in [5.74, 6) is 2.45. The van der Waals surface area contributed by atoms with E-state index in [2.05, 4.69) is 24.9 Å². The molecule has 5 rings (SSSR count). The van der Waals surface area contributed by atoms with Crippen LogP contribution < -0.4 is 9.64 Å². The Morgan fingerprint density at radius 2 is 1.88 bits per heavy atom. The summed E-state index contributed by atoms with van der Waals surface area (Å²) in [6, 6.07) is 8.01. The van der Waals surface area contributed by atoms with Crippen molar-refractivity contribution in [1.29, 1.82) is 0 Å². The number of anilines is 1. The van der Waals surface area contributed by atoms with Crippen LogP contribution in [0.2, 0.25) is 0 Å². The Balaban J connectivity index is 1.55. The molecule has 0 radical (unpaired) electrons. The zero-order chi connectivity index (χ0) is 24.0. The minimum Gasteiger partial charge on any atom is -0.491 e. The highest BCUT2D eigenvalue weighted by atomic mass is 32.2. The third kappa shape index (κ3) is 3.97. The maximum absolute atomic E-state index is 13.0. The van der Waals surface area contributed by atoms with Crippen LogP contribution in [0.3, 0.4) is 0 Å². The molecule has 11 heteroatoms. The van der Waals surface area contributed by atoms with Crippen LogP contribution in [0.1, 0.15) is 17.2 Å². The number of sulfonamides is 1. The molecule has 0 bridgehead atoms. The van der Waals surface area contributed by atoms with E-state index in [0.29, 0.717) is 37.0 Å². The van der Waals surface area contributed by atoms with E-state index < -0.39 is 10.0 Å². The topological polar surface area (TPSA) is 117 Å². The summed E-state index contributed by atoms with van der Waals surface area (Å²) >= 11 is 0. The van der Waals surface area contributed by atoms with Gasteiger partial charge in [-0.05, 0) is 37.6 Å². The molecule has 0 fully saturated rings. The molecule has 10 nitrogen and oxygen atoms in total. The Morgan fingerprint density at radius 3 is 2.68 bits per heavy atom. The number of nitrogens with zero attached hydrogens (tertiary/aromatic N) is 6. The lowest BCUT2D eigenvalue weighted by Gasteiger charge is -2.24. The molecule has 3 aromatic heterocycles. The van der Waals surface area contributed by atoms with Gasteiger partial charge in [-0.25, -0.2) is 32.7 Å². The quantitative estimate of drug-likeness (QED) is 0.475. The largest absolute Gasteiger partial charge is 0.491 e. The average molecular weight is 480 g/mol. The lowest BCUT2D eigenvalue weighted by molar-refractivity contribution is 0.331. The zero-order valence-electron chi connectivity index (χ0n) is 19.4. The first-order valence-corrected chi connectivity index (χ1v) is 12.3. The number of benzene rings is 1. The standard InChI is InChI=1S/C23H25N7O3S/c1-14-24-12-21(34(31,32)29(3)4)23(28-14)30-7-8-33-20-6-5-16(9-18(20)13-30)17-10-19-22(25-11-17)27-15(2)26-19/h5-6,9-12H,7-8,13H2,1-4H3,(H,25,26,27). The van der Waals surface area contributed by atoms with Crippen molar-refractivity contribution in [1.82, 2.24) is 29.2 Å². The molecule has 1 aliphatic heterocycles. The summed E-state index contributed by atoms with van der Waals surface area (Å²) in [5, 5.41) is 0. The van der Waals surface area contributed by atoms with Crippen molar-refractivity contribution < 1.29 is 13.2 Å². The second-order valence-electron chi connectivity index (χ2n) is 8.40. The van der Waals surface area contributed by atoms with Crippen molar-refractivity contribution in [2.45, 2.75) is 25.3 Å². The lowest BCUT2D eigenvalue weighted by Crippen LogP contribution is -2.31. The van der Waals surface area contributed by atoms with E-state index in [0.717, 1.165) is 33.8 Å². The molecule has 0 spiro atoms. The number of ether oxygens (including phenoxy) is 1. The number of imidazole rings is 1. The van der Waals surface area contributed by atoms with E-state index in [9.17, 15) is 8.42 Å². The summed E-state index contributed by atoms with van der Waals surface area (Å²) in [7, 11) is -0.728. The molecular weight excluding hydrogens is 454 g/mol. The van der Waals surface area contributed by atoms with Crippen molar-refractivity contribution in [2.75, 3.05) is 32.1 Å². The van der Waals surface area contributed by atoms with Crippen molar-refractivity contribution in [3.63, 3.8) is 0 Å². The number of nitrogens with one attached hydrogen (secondary N) is 1. The fraction of sp³-hybridized carbons (Fsp3) is 0.304. The molecule has 0 amide bonds. The molecule has 1 N–H and O–H groups in total.